The Balaban J connectivity index is 1.81. The predicted octanol–water partition coefficient (Wildman–Crippen LogP) is 2.45. The number of carbonyl (C=O) groups is 1. The Morgan fingerprint density at radius 2 is 1.79 bits per heavy atom. The number of nitrogens with one attached hydrogen (secondary N) is 2. The standard InChI is InChI=1S/C20H20N4O4/c1-26-11-8-16(27-2)18(17(9-11)28-3)19-21-6-5-14(24-19)15-10-12-13(23-15)4-7-22-20(12)25/h5-6,8-10,23H,4,7H2,1-3H3,(H,22,25). The quantitative estimate of drug-likeness (QED) is 0.706. The summed E-state index contributed by atoms with van der Waals surface area (Å²) >= 11 is 0. The molecule has 1 amide bonds. The number of amides is 1. The lowest BCUT2D eigenvalue weighted by Gasteiger charge is -2.14. The van der Waals surface area contributed by atoms with Gasteiger partial charge in [-0.15, -0.1) is 0 Å². The summed E-state index contributed by atoms with van der Waals surface area (Å²) in [5.41, 5.74) is 3.63. The molecule has 0 bridgehead atoms. The SMILES string of the molecule is COc1cc(OC)c(-c2nccc(-c3cc4c([nH]3)CCNC4=O)n2)c(OC)c1. The summed E-state index contributed by atoms with van der Waals surface area (Å²) in [4.78, 5) is 24.4. The molecular weight excluding hydrogens is 360 g/mol. The number of nitrogens with zero attached hydrogens (tertiary/aromatic N) is 2. The van der Waals surface area contributed by atoms with Crippen LogP contribution in [-0.2, 0) is 6.42 Å². The van der Waals surface area contributed by atoms with Gasteiger partial charge in [0.15, 0.2) is 5.82 Å². The molecule has 0 aliphatic carbocycles. The number of aromatic amines is 1. The first-order chi connectivity index (χ1) is 13.6. The summed E-state index contributed by atoms with van der Waals surface area (Å²) in [7, 11) is 4.71. The highest BCUT2D eigenvalue weighted by Crippen LogP contribution is 2.40. The second-order valence-electron chi connectivity index (χ2n) is 6.25. The van der Waals surface area contributed by atoms with Crippen LogP contribution in [0.25, 0.3) is 22.8 Å². The van der Waals surface area contributed by atoms with Crippen LogP contribution in [0.3, 0.4) is 0 Å². The Hall–Kier alpha value is -3.55. The van der Waals surface area contributed by atoms with Crippen molar-refractivity contribution >= 4 is 5.91 Å². The zero-order chi connectivity index (χ0) is 19.7. The Labute approximate surface area is 161 Å². The summed E-state index contributed by atoms with van der Waals surface area (Å²) in [5.74, 6) is 2.07. The van der Waals surface area contributed by atoms with Crippen molar-refractivity contribution in [2.24, 2.45) is 0 Å². The van der Waals surface area contributed by atoms with Gasteiger partial charge in [0.05, 0.1) is 38.3 Å². The molecule has 2 N–H and O–H groups in total. The highest BCUT2D eigenvalue weighted by molar-refractivity contribution is 5.97. The van der Waals surface area contributed by atoms with E-state index >= 15 is 0 Å². The molecule has 2 aromatic heterocycles. The lowest BCUT2D eigenvalue weighted by molar-refractivity contribution is 0.0946. The summed E-state index contributed by atoms with van der Waals surface area (Å²) in [6.45, 7) is 0.626. The predicted molar refractivity (Wildman–Crippen MR) is 103 cm³/mol. The molecule has 0 radical (unpaired) electrons. The number of carbonyl (C=O) groups excluding carboxylic acids is 1. The molecule has 1 aliphatic rings. The fourth-order valence-corrected chi connectivity index (χ4v) is 3.29. The number of H-pyrrole nitrogens is 1. The van der Waals surface area contributed by atoms with E-state index in [1.54, 1.807) is 45.7 Å². The zero-order valence-corrected chi connectivity index (χ0v) is 15.8. The van der Waals surface area contributed by atoms with Crippen molar-refractivity contribution in [2.75, 3.05) is 27.9 Å². The highest BCUT2D eigenvalue weighted by atomic mass is 16.5. The minimum absolute atomic E-state index is 0.0727. The first-order valence-electron chi connectivity index (χ1n) is 8.78. The highest BCUT2D eigenvalue weighted by Gasteiger charge is 2.22. The third-order valence-corrected chi connectivity index (χ3v) is 4.67. The maximum atomic E-state index is 12.0. The summed E-state index contributed by atoms with van der Waals surface area (Å²) in [5, 5.41) is 2.84. The number of hydrogen-bond donors (Lipinski definition) is 2. The van der Waals surface area contributed by atoms with E-state index in [9.17, 15) is 4.79 Å². The van der Waals surface area contributed by atoms with Crippen LogP contribution in [0.15, 0.2) is 30.5 Å². The lowest BCUT2D eigenvalue weighted by Crippen LogP contribution is -2.31. The second-order valence-corrected chi connectivity index (χ2v) is 6.25. The number of methoxy groups -OCH3 is 3. The molecule has 0 atom stereocenters. The van der Waals surface area contributed by atoms with Crippen molar-refractivity contribution in [2.45, 2.75) is 6.42 Å². The Bertz CT molecular complexity index is 1020. The van der Waals surface area contributed by atoms with E-state index in [0.29, 0.717) is 46.4 Å². The van der Waals surface area contributed by atoms with Crippen molar-refractivity contribution in [3.63, 3.8) is 0 Å². The van der Waals surface area contributed by atoms with Gasteiger partial charge < -0.3 is 24.5 Å². The topological polar surface area (TPSA) is 98.4 Å². The molecule has 144 valence electrons. The van der Waals surface area contributed by atoms with Crippen LogP contribution >= 0.6 is 0 Å². The van der Waals surface area contributed by atoms with Gasteiger partial charge in [-0.3, -0.25) is 4.79 Å². The minimum Gasteiger partial charge on any atom is -0.496 e. The van der Waals surface area contributed by atoms with Gasteiger partial charge in [-0.05, 0) is 12.1 Å². The van der Waals surface area contributed by atoms with E-state index < -0.39 is 0 Å². The molecule has 1 aromatic carbocycles. The Morgan fingerprint density at radius 1 is 1.04 bits per heavy atom. The van der Waals surface area contributed by atoms with Crippen LogP contribution in [0.5, 0.6) is 17.2 Å². The molecule has 0 saturated heterocycles. The number of rotatable bonds is 5. The molecule has 0 fully saturated rings. The van der Waals surface area contributed by atoms with Crippen molar-refractivity contribution in [1.82, 2.24) is 20.3 Å². The first-order valence-corrected chi connectivity index (χ1v) is 8.78. The van der Waals surface area contributed by atoms with E-state index in [1.807, 2.05) is 6.07 Å². The molecule has 0 saturated carbocycles. The van der Waals surface area contributed by atoms with Crippen LogP contribution in [0.2, 0.25) is 0 Å². The lowest BCUT2D eigenvalue weighted by atomic mass is 10.1. The van der Waals surface area contributed by atoms with E-state index in [-0.39, 0.29) is 5.91 Å². The van der Waals surface area contributed by atoms with E-state index in [4.69, 9.17) is 14.2 Å². The second kappa shape index (κ2) is 7.22. The molecule has 0 spiro atoms. The third kappa shape index (κ3) is 3.02. The number of hydrogen-bond acceptors (Lipinski definition) is 6. The fourth-order valence-electron chi connectivity index (χ4n) is 3.29. The molecule has 8 heteroatoms. The van der Waals surface area contributed by atoms with Crippen LogP contribution in [0, 0.1) is 0 Å². The average Bonchev–Trinajstić information content (AvgIpc) is 3.18. The summed E-state index contributed by atoms with van der Waals surface area (Å²) < 4.78 is 16.3. The van der Waals surface area contributed by atoms with Gasteiger partial charge in [-0.2, -0.15) is 0 Å². The number of ether oxygens (including phenoxy) is 3. The molecule has 0 unspecified atom stereocenters. The third-order valence-electron chi connectivity index (χ3n) is 4.67. The molecule has 4 rings (SSSR count). The number of aromatic nitrogens is 3. The largest absolute Gasteiger partial charge is 0.496 e. The summed E-state index contributed by atoms with van der Waals surface area (Å²) in [6, 6.07) is 7.12. The van der Waals surface area contributed by atoms with Crippen molar-refractivity contribution in [3.05, 3.63) is 41.7 Å². The average molecular weight is 380 g/mol. The smallest absolute Gasteiger partial charge is 0.253 e. The van der Waals surface area contributed by atoms with Crippen LogP contribution in [0.1, 0.15) is 16.1 Å². The Kier molecular flexibility index (Phi) is 4.60. The van der Waals surface area contributed by atoms with Crippen LogP contribution < -0.4 is 19.5 Å². The monoisotopic (exact) mass is 380 g/mol. The van der Waals surface area contributed by atoms with Gasteiger partial charge in [-0.1, -0.05) is 0 Å². The molecule has 3 aromatic rings. The molecule has 1 aliphatic heterocycles. The van der Waals surface area contributed by atoms with Gasteiger partial charge in [0.2, 0.25) is 0 Å². The maximum absolute atomic E-state index is 12.0. The van der Waals surface area contributed by atoms with Gasteiger partial charge in [0, 0.05) is 37.0 Å². The summed E-state index contributed by atoms with van der Waals surface area (Å²) in [6.07, 6.45) is 2.43. The minimum atomic E-state index is -0.0727. The van der Waals surface area contributed by atoms with E-state index in [0.717, 1.165) is 17.8 Å². The van der Waals surface area contributed by atoms with Crippen molar-refractivity contribution in [1.29, 1.82) is 0 Å². The van der Waals surface area contributed by atoms with Crippen LogP contribution in [-0.4, -0.2) is 48.7 Å². The van der Waals surface area contributed by atoms with E-state index in [1.165, 1.54) is 0 Å². The number of benzene rings is 1. The van der Waals surface area contributed by atoms with Gasteiger partial charge in [0.25, 0.3) is 5.91 Å². The number of fused-ring (bicyclic) bond motifs is 1. The Morgan fingerprint density at radius 3 is 2.43 bits per heavy atom. The molecule has 3 heterocycles. The normalized spacial score (nSPS) is 12.9. The fraction of sp³-hybridized carbons (Fsp3) is 0.250. The first kappa shape index (κ1) is 17.8. The van der Waals surface area contributed by atoms with Crippen molar-refractivity contribution < 1.29 is 19.0 Å². The van der Waals surface area contributed by atoms with Gasteiger partial charge in [0.1, 0.15) is 22.8 Å². The molecule has 28 heavy (non-hydrogen) atoms. The van der Waals surface area contributed by atoms with Gasteiger partial charge >= 0.3 is 0 Å². The molecule has 8 nitrogen and oxygen atoms in total. The van der Waals surface area contributed by atoms with Gasteiger partial charge in [-0.25, -0.2) is 9.97 Å². The van der Waals surface area contributed by atoms with E-state index in [2.05, 4.69) is 20.3 Å². The zero-order valence-electron chi connectivity index (χ0n) is 15.8. The maximum Gasteiger partial charge on any atom is 0.253 e. The van der Waals surface area contributed by atoms with Crippen molar-refractivity contribution in [3.8, 4) is 40.0 Å². The molecular formula is C20H20N4O4. The van der Waals surface area contributed by atoms with Crippen LogP contribution in [0.4, 0.5) is 0 Å².